The SMILES string of the molecule is O=C(c1ccccc1)N1CCCC[C@@H]1CCc1ccccc1. The van der Waals surface area contributed by atoms with Crippen molar-refractivity contribution in [1.29, 1.82) is 0 Å². The molecule has 2 nitrogen and oxygen atoms in total. The molecule has 0 spiro atoms. The second kappa shape index (κ2) is 7.26. The van der Waals surface area contributed by atoms with Crippen LogP contribution in [0, 0.1) is 0 Å². The minimum atomic E-state index is 0.193. The Bertz CT molecular complexity index is 594. The number of piperidine rings is 1. The zero-order chi connectivity index (χ0) is 15.2. The Hall–Kier alpha value is -2.09. The van der Waals surface area contributed by atoms with Gasteiger partial charge in [-0.15, -0.1) is 0 Å². The van der Waals surface area contributed by atoms with Crippen molar-refractivity contribution >= 4 is 5.91 Å². The van der Waals surface area contributed by atoms with Gasteiger partial charge in [-0.2, -0.15) is 0 Å². The smallest absolute Gasteiger partial charge is 0.254 e. The Morgan fingerprint density at radius 2 is 1.64 bits per heavy atom. The Balaban J connectivity index is 1.67. The summed E-state index contributed by atoms with van der Waals surface area (Å²) in [4.78, 5) is 14.8. The van der Waals surface area contributed by atoms with Gasteiger partial charge >= 0.3 is 0 Å². The molecule has 1 heterocycles. The lowest BCUT2D eigenvalue weighted by Crippen LogP contribution is -2.44. The number of hydrogen-bond acceptors (Lipinski definition) is 1. The molecule has 0 N–H and O–H groups in total. The van der Waals surface area contributed by atoms with E-state index in [-0.39, 0.29) is 5.91 Å². The molecule has 0 aliphatic carbocycles. The van der Waals surface area contributed by atoms with Crippen molar-refractivity contribution in [2.24, 2.45) is 0 Å². The van der Waals surface area contributed by atoms with Gasteiger partial charge in [0, 0.05) is 18.2 Å². The average Bonchev–Trinajstić information content (AvgIpc) is 2.61. The van der Waals surface area contributed by atoms with Gasteiger partial charge < -0.3 is 4.90 Å². The van der Waals surface area contributed by atoms with Crippen molar-refractivity contribution < 1.29 is 4.79 Å². The van der Waals surface area contributed by atoms with Crippen LogP contribution in [0.5, 0.6) is 0 Å². The number of carbonyl (C=O) groups excluding carboxylic acids is 1. The van der Waals surface area contributed by atoms with Gasteiger partial charge in [-0.3, -0.25) is 4.79 Å². The standard InChI is InChI=1S/C20H23NO/c22-20(18-11-5-2-6-12-18)21-16-8-7-13-19(21)15-14-17-9-3-1-4-10-17/h1-6,9-12,19H,7-8,13-16H2/t19-/m1/s1. The van der Waals surface area contributed by atoms with Crippen LogP contribution in [-0.4, -0.2) is 23.4 Å². The Labute approximate surface area is 132 Å². The molecule has 0 aromatic heterocycles. The molecule has 2 aromatic carbocycles. The highest BCUT2D eigenvalue weighted by Crippen LogP contribution is 2.23. The van der Waals surface area contributed by atoms with Crippen LogP contribution in [0.3, 0.4) is 0 Å². The summed E-state index contributed by atoms with van der Waals surface area (Å²) in [5.41, 5.74) is 2.18. The van der Waals surface area contributed by atoms with E-state index in [2.05, 4.69) is 35.2 Å². The Morgan fingerprint density at radius 1 is 0.955 bits per heavy atom. The summed E-state index contributed by atoms with van der Waals surface area (Å²) in [7, 11) is 0. The van der Waals surface area contributed by atoms with Gasteiger partial charge in [0.2, 0.25) is 0 Å². The van der Waals surface area contributed by atoms with Gasteiger partial charge in [-0.05, 0) is 49.8 Å². The second-order valence-corrected chi connectivity index (χ2v) is 6.04. The normalized spacial score (nSPS) is 18.2. The van der Waals surface area contributed by atoms with E-state index < -0.39 is 0 Å². The van der Waals surface area contributed by atoms with Gasteiger partial charge in [0.15, 0.2) is 0 Å². The minimum absolute atomic E-state index is 0.193. The lowest BCUT2D eigenvalue weighted by atomic mass is 9.95. The second-order valence-electron chi connectivity index (χ2n) is 6.04. The third-order valence-electron chi connectivity index (χ3n) is 4.52. The molecule has 1 atom stereocenters. The first-order chi connectivity index (χ1) is 10.8. The van der Waals surface area contributed by atoms with Crippen LogP contribution in [0.25, 0.3) is 0 Å². The molecule has 1 fully saturated rings. The number of likely N-dealkylation sites (tertiary alicyclic amines) is 1. The van der Waals surface area contributed by atoms with Crippen LogP contribution in [-0.2, 0) is 6.42 Å². The number of nitrogens with zero attached hydrogens (tertiary/aromatic N) is 1. The van der Waals surface area contributed by atoms with E-state index in [4.69, 9.17) is 0 Å². The lowest BCUT2D eigenvalue weighted by Gasteiger charge is -2.36. The topological polar surface area (TPSA) is 20.3 Å². The number of aryl methyl sites for hydroxylation is 1. The van der Waals surface area contributed by atoms with Crippen LogP contribution in [0.15, 0.2) is 60.7 Å². The molecule has 114 valence electrons. The van der Waals surface area contributed by atoms with Crippen LogP contribution >= 0.6 is 0 Å². The van der Waals surface area contributed by atoms with E-state index in [0.717, 1.165) is 37.8 Å². The fraction of sp³-hybridized carbons (Fsp3) is 0.350. The maximum atomic E-state index is 12.7. The van der Waals surface area contributed by atoms with Crippen LogP contribution in [0.1, 0.15) is 41.6 Å². The van der Waals surface area contributed by atoms with Gasteiger partial charge in [-0.25, -0.2) is 0 Å². The van der Waals surface area contributed by atoms with Crippen molar-refractivity contribution in [3.63, 3.8) is 0 Å². The maximum absolute atomic E-state index is 12.7. The first-order valence-electron chi connectivity index (χ1n) is 8.24. The molecule has 0 saturated carbocycles. The van der Waals surface area contributed by atoms with Gasteiger partial charge in [0.25, 0.3) is 5.91 Å². The molecule has 2 heteroatoms. The van der Waals surface area contributed by atoms with Crippen molar-refractivity contribution in [3.8, 4) is 0 Å². The van der Waals surface area contributed by atoms with Crippen LogP contribution in [0.4, 0.5) is 0 Å². The Morgan fingerprint density at radius 3 is 2.36 bits per heavy atom. The number of rotatable bonds is 4. The van der Waals surface area contributed by atoms with E-state index >= 15 is 0 Å². The van der Waals surface area contributed by atoms with Crippen molar-refractivity contribution in [3.05, 3.63) is 71.8 Å². The predicted molar refractivity (Wildman–Crippen MR) is 89.9 cm³/mol. The molecule has 1 aliphatic rings. The number of amides is 1. The summed E-state index contributed by atoms with van der Waals surface area (Å²) in [6.07, 6.45) is 5.59. The van der Waals surface area contributed by atoms with Crippen molar-refractivity contribution in [1.82, 2.24) is 4.90 Å². The third-order valence-corrected chi connectivity index (χ3v) is 4.52. The van der Waals surface area contributed by atoms with Crippen molar-refractivity contribution in [2.45, 2.75) is 38.1 Å². The first kappa shape index (κ1) is 14.8. The third kappa shape index (κ3) is 3.56. The monoisotopic (exact) mass is 293 g/mol. The minimum Gasteiger partial charge on any atom is -0.336 e. The highest BCUT2D eigenvalue weighted by atomic mass is 16.2. The van der Waals surface area contributed by atoms with Crippen LogP contribution in [0.2, 0.25) is 0 Å². The molecule has 0 radical (unpaired) electrons. The van der Waals surface area contributed by atoms with Crippen molar-refractivity contribution in [2.75, 3.05) is 6.54 Å². The van der Waals surface area contributed by atoms with E-state index in [1.54, 1.807) is 0 Å². The molecular formula is C20H23NO. The molecule has 1 amide bonds. The lowest BCUT2D eigenvalue weighted by molar-refractivity contribution is 0.0602. The van der Waals surface area contributed by atoms with Gasteiger partial charge in [0.05, 0.1) is 0 Å². The zero-order valence-electron chi connectivity index (χ0n) is 12.9. The summed E-state index contributed by atoms with van der Waals surface area (Å²) in [5.74, 6) is 0.193. The fourth-order valence-corrected chi connectivity index (χ4v) is 3.29. The summed E-state index contributed by atoms with van der Waals surface area (Å²) >= 11 is 0. The van der Waals surface area contributed by atoms with Crippen LogP contribution < -0.4 is 0 Å². The largest absolute Gasteiger partial charge is 0.336 e. The zero-order valence-corrected chi connectivity index (χ0v) is 12.9. The number of hydrogen-bond donors (Lipinski definition) is 0. The highest BCUT2D eigenvalue weighted by molar-refractivity contribution is 5.94. The molecule has 0 bridgehead atoms. The maximum Gasteiger partial charge on any atom is 0.254 e. The highest BCUT2D eigenvalue weighted by Gasteiger charge is 2.26. The first-order valence-corrected chi connectivity index (χ1v) is 8.24. The van der Waals surface area contributed by atoms with Gasteiger partial charge in [0.1, 0.15) is 0 Å². The molecule has 2 aromatic rings. The number of carbonyl (C=O) groups is 1. The fourth-order valence-electron chi connectivity index (χ4n) is 3.29. The molecule has 1 aliphatic heterocycles. The average molecular weight is 293 g/mol. The molecule has 0 unspecified atom stereocenters. The van der Waals surface area contributed by atoms with Gasteiger partial charge in [-0.1, -0.05) is 48.5 Å². The summed E-state index contributed by atoms with van der Waals surface area (Å²) in [6.45, 7) is 0.896. The molecule has 22 heavy (non-hydrogen) atoms. The molecule has 3 rings (SSSR count). The summed E-state index contributed by atoms with van der Waals surface area (Å²) < 4.78 is 0. The molecular weight excluding hydrogens is 270 g/mol. The van der Waals surface area contributed by atoms with E-state index in [1.807, 2.05) is 30.3 Å². The quantitative estimate of drug-likeness (QED) is 0.822. The van der Waals surface area contributed by atoms with E-state index in [0.29, 0.717) is 6.04 Å². The van der Waals surface area contributed by atoms with E-state index in [9.17, 15) is 4.79 Å². The molecule has 1 saturated heterocycles. The summed E-state index contributed by atoms with van der Waals surface area (Å²) in [6, 6.07) is 20.6. The van der Waals surface area contributed by atoms with E-state index in [1.165, 1.54) is 12.0 Å². The predicted octanol–water partition coefficient (Wildman–Crippen LogP) is 4.31. The number of benzene rings is 2. The summed E-state index contributed by atoms with van der Waals surface area (Å²) in [5, 5.41) is 0. The Kier molecular flexibility index (Phi) is 4.89.